The summed E-state index contributed by atoms with van der Waals surface area (Å²) < 4.78 is 10.0. The minimum Gasteiger partial charge on any atom is -0.497 e. The third-order valence-electron chi connectivity index (χ3n) is 2.97. The highest BCUT2D eigenvalue weighted by Gasteiger charge is 2.31. The first kappa shape index (κ1) is 14.0. The van der Waals surface area contributed by atoms with Gasteiger partial charge in [0.1, 0.15) is 5.75 Å². The molecule has 2 rings (SSSR count). The lowest BCUT2D eigenvalue weighted by Crippen LogP contribution is -2.27. The number of anilines is 1. The summed E-state index contributed by atoms with van der Waals surface area (Å²) in [5.74, 6) is -0.547. The first-order valence-corrected chi connectivity index (χ1v) is 6.24. The van der Waals surface area contributed by atoms with Crippen molar-refractivity contribution in [3.8, 4) is 5.75 Å². The monoisotopic (exact) mass is 277 g/mol. The summed E-state index contributed by atoms with van der Waals surface area (Å²) in [6, 6.07) is 4.72. The lowest BCUT2D eigenvalue weighted by Gasteiger charge is -2.18. The summed E-state index contributed by atoms with van der Waals surface area (Å²) in [4.78, 5) is 36.4. The largest absolute Gasteiger partial charge is 0.497 e. The van der Waals surface area contributed by atoms with Crippen molar-refractivity contribution < 1.29 is 23.9 Å². The quantitative estimate of drug-likeness (QED) is 0.610. The van der Waals surface area contributed by atoms with Gasteiger partial charge in [-0.1, -0.05) is 0 Å². The van der Waals surface area contributed by atoms with E-state index in [0.29, 0.717) is 11.4 Å². The number of amides is 1. The highest BCUT2D eigenvalue weighted by Crippen LogP contribution is 2.28. The van der Waals surface area contributed by atoms with Crippen LogP contribution in [-0.2, 0) is 14.3 Å². The van der Waals surface area contributed by atoms with E-state index in [4.69, 9.17) is 9.47 Å². The molecule has 0 unspecified atom stereocenters. The highest BCUT2D eigenvalue weighted by atomic mass is 16.5. The third-order valence-corrected chi connectivity index (χ3v) is 2.97. The summed E-state index contributed by atoms with van der Waals surface area (Å²) in [6.07, 6.45) is -0.131. The van der Waals surface area contributed by atoms with Crippen LogP contribution in [0.4, 0.5) is 5.69 Å². The molecule has 1 amide bonds. The Kier molecular flexibility index (Phi) is 4.02. The Morgan fingerprint density at radius 3 is 2.65 bits per heavy atom. The Morgan fingerprint density at radius 2 is 2.10 bits per heavy atom. The fraction of sp³-hybridized carbons (Fsp3) is 0.357. The topological polar surface area (TPSA) is 72.9 Å². The smallest absolute Gasteiger partial charge is 0.340 e. The highest BCUT2D eigenvalue weighted by molar-refractivity contribution is 6.16. The van der Waals surface area contributed by atoms with Gasteiger partial charge in [-0.05, 0) is 25.1 Å². The zero-order chi connectivity index (χ0) is 14.7. The molecule has 6 heteroatoms. The molecule has 106 valence electrons. The van der Waals surface area contributed by atoms with Crippen LogP contribution >= 0.6 is 0 Å². The molecule has 0 atom stereocenters. The number of carbonyl (C=O) groups is 3. The zero-order valence-electron chi connectivity index (χ0n) is 11.3. The zero-order valence-corrected chi connectivity index (χ0v) is 11.3. The van der Waals surface area contributed by atoms with Gasteiger partial charge in [-0.15, -0.1) is 0 Å². The van der Waals surface area contributed by atoms with Crippen molar-refractivity contribution >= 4 is 23.3 Å². The molecule has 0 radical (unpaired) electrons. The lowest BCUT2D eigenvalue weighted by atomic mass is 10.1. The minimum atomic E-state index is -0.548. The summed E-state index contributed by atoms with van der Waals surface area (Å²) in [6.45, 7) is 1.90. The van der Waals surface area contributed by atoms with Gasteiger partial charge in [0.25, 0.3) is 0 Å². The molecule has 1 aromatic carbocycles. The van der Waals surface area contributed by atoms with Crippen LogP contribution in [-0.4, -0.2) is 37.9 Å². The number of benzene rings is 1. The molecule has 1 heterocycles. The summed E-state index contributed by atoms with van der Waals surface area (Å²) >= 11 is 0. The van der Waals surface area contributed by atoms with Crippen LogP contribution < -0.4 is 9.64 Å². The van der Waals surface area contributed by atoms with Gasteiger partial charge in [0.05, 0.1) is 37.9 Å². The molecule has 1 aliphatic heterocycles. The van der Waals surface area contributed by atoms with Gasteiger partial charge in [0.2, 0.25) is 5.91 Å². The molecule has 0 aromatic heterocycles. The maximum absolute atomic E-state index is 12.0. The molecular formula is C14H15NO5. The fourth-order valence-electron chi connectivity index (χ4n) is 2.05. The number of ketones is 1. The minimum absolute atomic E-state index is 0.0163. The molecule has 0 aliphatic carbocycles. The van der Waals surface area contributed by atoms with Gasteiger partial charge >= 0.3 is 5.97 Å². The summed E-state index contributed by atoms with van der Waals surface area (Å²) in [5.41, 5.74) is 0.592. The number of rotatable bonds is 4. The molecule has 1 aromatic rings. The van der Waals surface area contributed by atoms with Crippen LogP contribution in [0.25, 0.3) is 0 Å². The van der Waals surface area contributed by atoms with E-state index >= 15 is 0 Å². The van der Waals surface area contributed by atoms with Crippen molar-refractivity contribution in [1.82, 2.24) is 0 Å². The maximum Gasteiger partial charge on any atom is 0.340 e. The van der Waals surface area contributed by atoms with E-state index in [-0.39, 0.29) is 36.8 Å². The predicted molar refractivity (Wildman–Crippen MR) is 70.9 cm³/mol. The number of hydrogen-bond donors (Lipinski definition) is 0. The van der Waals surface area contributed by atoms with Crippen molar-refractivity contribution in [2.24, 2.45) is 0 Å². The second-order valence-corrected chi connectivity index (χ2v) is 4.30. The summed E-state index contributed by atoms with van der Waals surface area (Å²) in [5, 5.41) is 0. The van der Waals surface area contributed by atoms with Gasteiger partial charge in [-0.25, -0.2) is 4.79 Å². The molecule has 0 bridgehead atoms. The van der Waals surface area contributed by atoms with Crippen LogP contribution in [0.1, 0.15) is 23.7 Å². The van der Waals surface area contributed by atoms with E-state index in [0.717, 1.165) is 0 Å². The number of Topliss-reactive ketones (excluding diaryl/α,β-unsaturated/α-hetero) is 1. The van der Waals surface area contributed by atoms with E-state index in [1.54, 1.807) is 19.1 Å². The molecule has 1 aliphatic rings. The average Bonchev–Trinajstić information content (AvgIpc) is 2.77. The fourth-order valence-corrected chi connectivity index (χ4v) is 2.05. The Morgan fingerprint density at radius 1 is 1.35 bits per heavy atom. The van der Waals surface area contributed by atoms with Crippen LogP contribution in [0.2, 0.25) is 0 Å². The van der Waals surface area contributed by atoms with Crippen LogP contribution in [0.3, 0.4) is 0 Å². The van der Waals surface area contributed by atoms with E-state index < -0.39 is 5.97 Å². The maximum atomic E-state index is 12.0. The number of carbonyl (C=O) groups excluding carboxylic acids is 3. The molecule has 0 N–H and O–H groups in total. The van der Waals surface area contributed by atoms with E-state index in [2.05, 4.69) is 0 Å². The second-order valence-electron chi connectivity index (χ2n) is 4.30. The first-order valence-electron chi connectivity index (χ1n) is 6.24. The second kappa shape index (κ2) is 5.73. The van der Waals surface area contributed by atoms with Gasteiger partial charge in [-0.2, -0.15) is 0 Å². The molecule has 0 saturated carbocycles. The van der Waals surface area contributed by atoms with Crippen molar-refractivity contribution in [1.29, 1.82) is 0 Å². The Bertz CT molecular complexity index is 567. The lowest BCUT2D eigenvalue weighted by molar-refractivity contribution is -0.121. The first-order chi connectivity index (χ1) is 9.56. The van der Waals surface area contributed by atoms with Crippen molar-refractivity contribution in [2.45, 2.75) is 13.3 Å². The van der Waals surface area contributed by atoms with Crippen LogP contribution in [0.15, 0.2) is 18.2 Å². The average molecular weight is 277 g/mol. The Hall–Kier alpha value is -2.37. The van der Waals surface area contributed by atoms with E-state index in [1.807, 2.05) is 0 Å². The Labute approximate surface area is 116 Å². The van der Waals surface area contributed by atoms with Crippen molar-refractivity contribution in [2.75, 3.05) is 25.2 Å². The molecule has 1 fully saturated rings. The van der Waals surface area contributed by atoms with Crippen molar-refractivity contribution in [3.63, 3.8) is 0 Å². The standard InChI is InChI=1S/C14H15NO5/c1-3-20-14(18)11-7-10(19-2)4-5-12(11)15-8-9(16)6-13(15)17/h4-5,7H,3,6,8H2,1-2H3. The normalized spacial score (nSPS) is 14.6. The number of esters is 1. The molecule has 6 nitrogen and oxygen atoms in total. The number of nitrogens with zero attached hydrogens (tertiary/aromatic N) is 1. The van der Waals surface area contributed by atoms with Crippen LogP contribution in [0, 0.1) is 0 Å². The van der Waals surface area contributed by atoms with Gasteiger partial charge in [0, 0.05) is 0 Å². The molecule has 1 saturated heterocycles. The number of hydrogen-bond acceptors (Lipinski definition) is 5. The Balaban J connectivity index is 2.43. The van der Waals surface area contributed by atoms with Crippen LogP contribution in [0.5, 0.6) is 5.75 Å². The number of methoxy groups -OCH3 is 1. The van der Waals surface area contributed by atoms with E-state index in [1.165, 1.54) is 18.1 Å². The van der Waals surface area contributed by atoms with Crippen molar-refractivity contribution in [3.05, 3.63) is 23.8 Å². The SMILES string of the molecule is CCOC(=O)c1cc(OC)ccc1N1CC(=O)CC1=O. The number of ether oxygens (including phenoxy) is 2. The molecular weight excluding hydrogens is 262 g/mol. The third kappa shape index (κ3) is 2.64. The van der Waals surface area contributed by atoms with Gasteiger partial charge in [-0.3, -0.25) is 9.59 Å². The summed E-state index contributed by atoms with van der Waals surface area (Å²) in [7, 11) is 1.48. The van der Waals surface area contributed by atoms with Gasteiger partial charge in [0.15, 0.2) is 5.78 Å². The predicted octanol–water partition coefficient (Wildman–Crippen LogP) is 1.18. The van der Waals surface area contributed by atoms with E-state index in [9.17, 15) is 14.4 Å². The van der Waals surface area contributed by atoms with Gasteiger partial charge < -0.3 is 14.4 Å². The molecule has 0 spiro atoms. The molecule has 20 heavy (non-hydrogen) atoms.